The number of guanidine groups is 1. The molecule has 0 spiro atoms. The Morgan fingerprint density at radius 3 is 2.74 bits per heavy atom. The quantitative estimate of drug-likeness (QED) is 0.348. The first-order chi connectivity index (χ1) is 12.5. The highest BCUT2D eigenvalue weighted by Crippen LogP contribution is 2.15. The van der Waals surface area contributed by atoms with Gasteiger partial charge in [0.1, 0.15) is 6.61 Å². The number of hydrogen-bond donors (Lipinski definition) is 1. The van der Waals surface area contributed by atoms with Crippen LogP contribution in [0.4, 0.5) is 4.39 Å². The Morgan fingerprint density at radius 2 is 2.11 bits per heavy atom. The summed E-state index contributed by atoms with van der Waals surface area (Å²) in [5, 5.41) is 7.18. The van der Waals surface area contributed by atoms with Gasteiger partial charge >= 0.3 is 0 Å². The average Bonchev–Trinajstić information content (AvgIpc) is 3.09. The summed E-state index contributed by atoms with van der Waals surface area (Å²) >= 11 is 0. The molecule has 0 aliphatic heterocycles. The fourth-order valence-corrected chi connectivity index (χ4v) is 2.23. The Morgan fingerprint density at radius 1 is 1.37 bits per heavy atom. The van der Waals surface area contributed by atoms with Crippen molar-refractivity contribution in [2.45, 2.75) is 26.2 Å². The lowest BCUT2D eigenvalue weighted by molar-refractivity contribution is 0.270. The van der Waals surface area contributed by atoms with Gasteiger partial charge in [0, 0.05) is 33.0 Å². The standard InChI is InChI=1S/C18H26FN5O2.HI/c1-13(2)17-22-16(26-23-17)9-10-21-18(20-3)24(4)11-12-25-15-8-6-5-7-14(15)19;/h5-8,13H,9-12H2,1-4H3,(H,20,21);1H. The SMILES string of the molecule is CN=C(NCCc1nc(C(C)C)no1)N(C)CCOc1ccccc1F.I. The molecule has 7 nitrogen and oxygen atoms in total. The lowest BCUT2D eigenvalue weighted by Gasteiger charge is -2.22. The van der Waals surface area contributed by atoms with E-state index in [4.69, 9.17) is 9.26 Å². The maximum Gasteiger partial charge on any atom is 0.228 e. The third kappa shape index (κ3) is 7.31. The number of para-hydroxylation sites is 1. The highest BCUT2D eigenvalue weighted by Gasteiger charge is 2.11. The molecule has 1 aromatic carbocycles. The summed E-state index contributed by atoms with van der Waals surface area (Å²) in [5.74, 6) is 2.16. The fraction of sp³-hybridized carbons (Fsp3) is 0.500. The van der Waals surface area contributed by atoms with Crippen molar-refractivity contribution >= 4 is 29.9 Å². The molecule has 2 aromatic rings. The van der Waals surface area contributed by atoms with Gasteiger partial charge in [-0.2, -0.15) is 4.98 Å². The van der Waals surface area contributed by atoms with Crippen LogP contribution in [0.1, 0.15) is 31.5 Å². The molecule has 0 saturated carbocycles. The molecule has 0 radical (unpaired) electrons. The van der Waals surface area contributed by atoms with Gasteiger partial charge in [-0.05, 0) is 12.1 Å². The van der Waals surface area contributed by atoms with Crippen molar-refractivity contribution in [2.24, 2.45) is 4.99 Å². The van der Waals surface area contributed by atoms with Gasteiger partial charge in [0.25, 0.3) is 0 Å². The number of hydrogen-bond acceptors (Lipinski definition) is 5. The van der Waals surface area contributed by atoms with Crippen molar-refractivity contribution in [2.75, 3.05) is 33.8 Å². The van der Waals surface area contributed by atoms with Crippen LogP contribution in [0.15, 0.2) is 33.8 Å². The van der Waals surface area contributed by atoms with Crippen LogP contribution in [0.5, 0.6) is 5.75 Å². The number of rotatable bonds is 8. The molecule has 1 aromatic heterocycles. The van der Waals surface area contributed by atoms with E-state index in [0.29, 0.717) is 43.8 Å². The molecule has 0 saturated heterocycles. The number of likely N-dealkylation sites (N-methyl/N-ethyl adjacent to an activating group) is 1. The van der Waals surface area contributed by atoms with Gasteiger partial charge in [0.05, 0.1) is 6.54 Å². The molecule has 150 valence electrons. The Hall–Kier alpha value is -1.91. The minimum absolute atomic E-state index is 0. The lowest BCUT2D eigenvalue weighted by Crippen LogP contribution is -2.41. The largest absolute Gasteiger partial charge is 0.489 e. The van der Waals surface area contributed by atoms with E-state index in [9.17, 15) is 4.39 Å². The van der Waals surface area contributed by atoms with Gasteiger partial charge in [0.2, 0.25) is 5.89 Å². The van der Waals surface area contributed by atoms with Gasteiger partial charge in [-0.3, -0.25) is 4.99 Å². The zero-order valence-corrected chi connectivity index (χ0v) is 18.4. The second kappa shape index (κ2) is 11.7. The highest BCUT2D eigenvalue weighted by molar-refractivity contribution is 14.0. The maximum atomic E-state index is 13.5. The molecule has 0 amide bonds. The number of nitrogens with zero attached hydrogens (tertiary/aromatic N) is 4. The minimum Gasteiger partial charge on any atom is -0.489 e. The molecule has 0 aliphatic carbocycles. The van der Waals surface area contributed by atoms with E-state index >= 15 is 0 Å². The molecule has 0 bridgehead atoms. The van der Waals surface area contributed by atoms with Gasteiger partial charge in [-0.1, -0.05) is 31.1 Å². The third-order valence-electron chi connectivity index (χ3n) is 3.72. The van der Waals surface area contributed by atoms with E-state index in [1.807, 2.05) is 25.8 Å². The van der Waals surface area contributed by atoms with Crippen LogP contribution >= 0.6 is 24.0 Å². The van der Waals surface area contributed by atoms with Crippen LogP contribution in [-0.4, -0.2) is 54.8 Å². The van der Waals surface area contributed by atoms with Gasteiger partial charge in [-0.15, -0.1) is 24.0 Å². The number of aliphatic imine (C=N–C) groups is 1. The van der Waals surface area contributed by atoms with Crippen molar-refractivity contribution in [3.8, 4) is 5.75 Å². The van der Waals surface area contributed by atoms with Crippen molar-refractivity contribution in [3.05, 3.63) is 41.8 Å². The number of benzene rings is 1. The van der Waals surface area contributed by atoms with E-state index in [1.54, 1.807) is 25.2 Å². The molecular weight excluding hydrogens is 464 g/mol. The number of aromatic nitrogens is 2. The van der Waals surface area contributed by atoms with Crippen molar-refractivity contribution in [1.82, 2.24) is 20.4 Å². The minimum atomic E-state index is -0.363. The van der Waals surface area contributed by atoms with E-state index in [2.05, 4.69) is 20.4 Å². The molecule has 1 N–H and O–H groups in total. The number of ether oxygens (including phenoxy) is 1. The van der Waals surface area contributed by atoms with E-state index in [-0.39, 0.29) is 41.5 Å². The summed E-state index contributed by atoms with van der Waals surface area (Å²) in [6.07, 6.45) is 0.609. The summed E-state index contributed by atoms with van der Waals surface area (Å²) in [5.41, 5.74) is 0. The molecule has 27 heavy (non-hydrogen) atoms. The second-order valence-electron chi connectivity index (χ2n) is 6.13. The third-order valence-corrected chi connectivity index (χ3v) is 3.72. The first kappa shape index (κ1) is 23.1. The molecule has 2 rings (SSSR count). The predicted octanol–water partition coefficient (Wildman–Crippen LogP) is 3.08. The molecule has 0 aliphatic rings. The average molecular weight is 491 g/mol. The molecular formula is C18H27FIN5O2. The highest BCUT2D eigenvalue weighted by atomic mass is 127. The molecule has 0 atom stereocenters. The van der Waals surface area contributed by atoms with E-state index in [0.717, 1.165) is 0 Å². The Kier molecular flexibility index (Phi) is 10.0. The van der Waals surface area contributed by atoms with E-state index < -0.39 is 0 Å². The molecule has 0 fully saturated rings. The first-order valence-corrected chi connectivity index (χ1v) is 8.63. The second-order valence-corrected chi connectivity index (χ2v) is 6.13. The van der Waals surface area contributed by atoms with Crippen LogP contribution < -0.4 is 10.1 Å². The summed E-state index contributed by atoms with van der Waals surface area (Å²) in [4.78, 5) is 10.5. The summed E-state index contributed by atoms with van der Waals surface area (Å²) in [6, 6.07) is 6.36. The Bertz CT molecular complexity index is 723. The summed E-state index contributed by atoms with van der Waals surface area (Å²) in [6.45, 7) is 5.57. The maximum absolute atomic E-state index is 13.5. The van der Waals surface area contributed by atoms with Crippen LogP contribution in [0, 0.1) is 5.82 Å². The summed E-state index contributed by atoms with van der Waals surface area (Å²) < 4.78 is 24.2. The predicted molar refractivity (Wildman–Crippen MR) is 113 cm³/mol. The molecule has 0 unspecified atom stereocenters. The van der Waals surface area contributed by atoms with Gasteiger partial charge < -0.3 is 19.5 Å². The Balaban J connectivity index is 0.00000364. The normalized spacial score (nSPS) is 11.3. The topological polar surface area (TPSA) is 75.8 Å². The van der Waals surface area contributed by atoms with Crippen LogP contribution in [0.25, 0.3) is 0 Å². The van der Waals surface area contributed by atoms with Crippen molar-refractivity contribution in [3.63, 3.8) is 0 Å². The van der Waals surface area contributed by atoms with Gasteiger partial charge in [-0.25, -0.2) is 4.39 Å². The number of halogens is 2. The van der Waals surface area contributed by atoms with Gasteiger partial charge in [0.15, 0.2) is 23.4 Å². The van der Waals surface area contributed by atoms with Crippen molar-refractivity contribution in [1.29, 1.82) is 0 Å². The zero-order valence-electron chi connectivity index (χ0n) is 16.1. The van der Waals surface area contributed by atoms with E-state index in [1.165, 1.54) is 6.07 Å². The number of nitrogens with one attached hydrogen (secondary N) is 1. The Labute approximate surface area is 176 Å². The van der Waals surface area contributed by atoms with Crippen LogP contribution in [0.3, 0.4) is 0 Å². The first-order valence-electron chi connectivity index (χ1n) is 8.63. The fourth-order valence-electron chi connectivity index (χ4n) is 2.23. The molecule has 9 heteroatoms. The van der Waals surface area contributed by atoms with Crippen molar-refractivity contribution < 1.29 is 13.7 Å². The van der Waals surface area contributed by atoms with Crippen LogP contribution in [0.2, 0.25) is 0 Å². The smallest absolute Gasteiger partial charge is 0.228 e. The lowest BCUT2D eigenvalue weighted by atomic mass is 10.2. The van der Waals surface area contributed by atoms with Crippen LogP contribution in [-0.2, 0) is 6.42 Å². The molecule has 1 heterocycles. The zero-order chi connectivity index (χ0) is 18.9. The monoisotopic (exact) mass is 491 g/mol. The summed E-state index contributed by atoms with van der Waals surface area (Å²) in [7, 11) is 3.60.